The van der Waals surface area contributed by atoms with Crippen molar-refractivity contribution in [3.8, 4) is 0 Å². The number of carbonyl (C=O) groups is 2. The van der Waals surface area contributed by atoms with Crippen molar-refractivity contribution < 1.29 is 27.7 Å². The van der Waals surface area contributed by atoms with Crippen molar-refractivity contribution >= 4 is 40.9 Å². The molecule has 0 radical (unpaired) electrons. The van der Waals surface area contributed by atoms with Gasteiger partial charge in [-0.25, -0.2) is 0 Å². The van der Waals surface area contributed by atoms with Gasteiger partial charge in [-0.2, -0.15) is 13.2 Å². The van der Waals surface area contributed by atoms with Gasteiger partial charge in [0.1, 0.15) is 0 Å². The van der Waals surface area contributed by atoms with Gasteiger partial charge in [0.25, 0.3) is 5.69 Å². The van der Waals surface area contributed by atoms with Crippen LogP contribution in [0.25, 0.3) is 6.08 Å². The van der Waals surface area contributed by atoms with Crippen molar-refractivity contribution in [3.05, 3.63) is 74.8 Å². The van der Waals surface area contributed by atoms with Crippen LogP contribution in [0.3, 0.4) is 0 Å². The van der Waals surface area contributed by atoms with Crippen molar-refractivity contribution in [1.29, 1.82) is 0 Å². The number of nitrogens with zero attached hydrogens (tertiary/aromatic N) is 2. The maximum Gasteiger partial charge on any atom is 0.417 e. The zero-order valence-corrected chi connectivity index (χ0v) is 16.2. The zero-order chi connectivity index (χ0) is 22.5. The zero-order valence-electron chi connectivity index (χ0n) is 15.4. The number of amides is 2. The summed E-state index contributed by atoms with van der Waals surface area (Å²) in [6.45, 7) is -0.409. The Balaban J connectivity index is 1.96. The van der Waals surface area contributed by atoms with Crippen molar-refractivity contribution in [2.75, 3.05) is 18.9 Å². The minimum absolute atomic E-state index is 0.0943. The van der Waals surface area contributed by atoms with Crippen LogP contribution < -0.4 is 5.32 Å². The van der Waals surface area contributed by atoms with E-state index in [4.69, 9.17) is 11.6 Å². The van der Waals surface area contributed by atoms with Gasteiger partial charge < -0.3 is 10.2 Å². The van der Waals surface area contributed by atoms with E-state index < -0.39 is 40.0 Å². The van der Waals surface area contributed by atoms with E-state index in [1.165, 1.54) is 49.5 Å². The van der Waals surface area contributed by atoms with E-state index in [1.54, 1.807) is 0 Å². The lowest BCUT2D eigenvalue weighted by Gasteiger charge is -2.16. The molecule has 0 bridgehead atoms. The van der Waals surface area contributed by atoms with Gasteiger partial charge in [-0.1, -0.05) is 11.6 Å². The second-order valence-corrected chi connectivity index (χ2v) is 6.52. The highest BCUT2D eigenvalue weighted by Crippen LogP contribution is 2.36. The van der Waals surface area contributed by atoms with Crippen LogP contribution in [0.2, 0.25) is 5.02 Å². The Bertz CT molecular complexity index is 992. The average Bonchev–Trinajstić information content (AvgIpc) is 2.66. The Morgan fingerprint density at radius 3 is 2.40 bits per heavy atom. The van der Waals surface area contributed by atoms with Crippen LogP contribution in [-0.4, -0.2) is 35.2 Å². The van der Waals surface area contributed by atoms with Gasteiger partial charge in [0, 0.05) is 30.9 Å². The maximum absolute atomic E-state index is 12.9. The van der Waals surface area contributed by atoms with Gasteiger partial charge in [0.05, 0.1) is 22.1 Å². The highest BCUT2D eigenvalue weighted by atomic mass is 35.5. The van der Waals surface area contributed by atoms with E-state index >= 15 is 0 Å². The first-order valence-electron chi connectivity index (χ1n) is 8.31. The second-order valence-electron chi connectivity index (χ2n) is 6.12. The third-order valence-electron chi connectivity index (χ3n) is 3.83. The summed E-state index contributed by atoms with van der Waals surface area (Å²) >= 11 is 5.53. The molecule has 2 aromatic rings. The first-order chi connectivity index (χ1) is 14.0. The third-order valence-corrected chi connectivity index (χ3v) is 4.16. The van der Waals surface area contributed by atoms with E-state index in [0.29, 0.717) is 11.6 Å². The lowest BCUT2D eigenvalue weighted by atomic mass is 10.2. The number of carbonyl (C=O) groups excluding carboxylic acids is 2. The van der Waals surface area contributed by atoms with Crippen LogP contribution in [-0.2, 0) is 15.8 Å². The van der Waals surface area contributed by atoms with Crippen LogP contribution in [0.15, 0.2) is 48.5 Å². The lowest BCUT2D eigenvalue weighted by molar-refractivity contribution is -0.384. The number of non-ortho nitro benzene ring substituents is 1. The molecule has 0 aliphatic carbocycles. The van der Waals surface area contributed by atoms with Crippen molar-refractivity contribution in [2.24, 2.45) is 0 Å². The number of anilines is 1. The van der Waals surface area contributed by atoms with Crippen LogP contribution in [0, 0.1) is 10.1 Å². The molecule has 0 unspecified atom stereocenters. The van der Waals surface area contributed by atoms with E-state index in [9.17, 15) is 32.9 Å². The summed E-state index contributed by atoms with van der Waals surface area (Å²) in [6, 6.07) is 8.40. The van der Waals surface area contributed by atoms with Crippen LogP contribution in [0.5, 0.6) is 0 Å². The minimum atomic E-state index is -4.67. The molecule has 0 atom stereocenters. The summed E-state index contributed by atoms with van der Waals surface area (Å²) < 4.78 is 38.6. The predicted octanol–water partition coefficient (Wildman–Crippen LogP) is 4.38. The molecule has 11 heteroatoms. The Morgan fingerprint density at radius 2 is 1.83 bits per heavy atom. The molecule has 0 saturated carbocycles. The normalized spacial score (nSPS) is 11.4. The number of nitro benzene ring substituents is 1. The van der Waals surface area contributed by atoms with Gasteiger partial charge in [0.2, 0.25) is 11.8 Å². The molecule has 0 heterocycles. The summed E-state index contributed by atoms with van der Waals surface area (Å²) in [5.74, 6) is -1.25. The first kappa shape index (κ1) is 22.9. The highest BCUT2D eigenvalue weighted by molar-refractivity contribution is 6.31. The van der Waals surface area contributed by atoms with E-state index in [1.807, 2.05) is 0 Å². The monoisotopic (exact) mass is 441 g/mol. The standard InChI is InChI=1S/C19H15ClF3N3O4/c1-25(18(28)9-4-12-2-6-14(7-3-12)26(29)30)11-17(27)24-13-5-8-16(20)15(10-13)19(21,22)23/h2-10H,11H2,1H3,(H,24,27)/b9-4+. The first-order valence-corrected chi connectivity index (χ1v) is 8.69. The molecule has 0 fully saturated rings. The minimum Gasteiger partial charge on any atom is -0.333 e. The number of likely N-dealkylation sites (N-methyl/N-ethyl adjacent to an activating group) is 1. The molecule has 2 amide bonds. The third kappa shape index (κ3) is 6.31. The fraction of sp³-hybridized carbons (Fsp3) is 0.158. The Kier molecular flexibility index (Phi) is 7.17. The molecule has 7 nitrogen and oxygen atoms in total. The fourth-order valence-corrected chi connectivity index (χ4v) is 2.54. The van der Waals surface area contributed by atoms with Crippen LogP contribution in [0.1, 0.15) is 11.1 Å². The van der Waals surface area contributed by atoms with Crippen LogP contribution >= 0.6 is 11.6 Å². The molecule has 1 N–H and O–H groups in total. The highest BCUT2D eigenvalue weighted by Gasteiger charge is 2.33. The average molecular weight is 442 g/mol. The van der Waals surface area contributed by atoms with Crippen molar-refractivity contribution in [2.45, 2.75) is 6.18 Å². The molecule has 2 rings (SSSR count). The predicted molar refractivity (Wildman–Crippen MR) is 105 cm³/mol. The fourth-order valence-electron chi connectivity index (χ4n) is 2.32. The molecule has 0 aliphatic rings. The van der Waals surface area contributed by atoms with Crippen molar-refractivity contribution in [3.63, 3.8) is 0 Å². The summed E-state index contributed by atoms with van der Waals surface area (Å²) in [7, 11) is 1.34. The quantitative estimate of drug-likeness (QED) is 0.409. The van der Waals surface area contributed by atoms with Gasteiger partial charge in [-0.15, -0.1) is 0 Å². The number of nitrogens with one attached hydrogen (secondary N) is 1. The number of hydrogen-bond donors (Lipinski definition) is 1. The number of alkyl halides is 3. The molecule has 0 aliphatic heterocycles. The van der Waals surface area contributed by atoms with Gasteiger partial charge >= 0.3 is 6.18 Å². The molecular weight excluding hydrogens is 427 g/mol. The summed E-state index contributed by atoms with van der Waals surface area (Å²) in [5, 5.41) is 12.4. The molecule has 30 heavy (non-hydrogen) atoms. The number of nitro groups is 1. The summed E-state index contributed by atoms with van der Waals surface area (Å²) in [4.78, 5) is 35.2. The topological polar surface area (TPSA) is 92.6 Å². The van der Waals surface area contributed by atoms with Gasteiger partial charge in [-0.3, -0.25) is 19.7 Å². The Morgan fingerprint density at radius 1 is 1.20 bits per heavy atom. The summed E-state index contributed by atoms with van der Waals surface area (Å²) in [6.07, 6.45) is -2.10. The van der Waals surface area contributed by atoms with E-state index in [0.717, 1.165) is 11.0 Å². The molecule has 158 valence electrons. The maximum atomic E-state index is 12.9. The Hall–Kier alpha value is -3.40. The van der Waals surface area contributed by atoms with E-state index in [2.05, 4.69) is 5.32 Å². The van der Waals surface area contributed by atoms with Crippen molar-refractivity contribution in [1.82, 2.24) is 4.90 Å². The number of rotatable bonds is 6. The SMILES string of the molecule is CN(CC(=O)Nc1ccc(Cl)c(C(F)(F)F)c1)C(=O)/C=C/c1ccc([N+](=O)[O-])cc1. The molecule has 0 spiro atoms. The largest absolute Gasteiger partial charge is 0.417 e. The van der Waals surface area contributed by atoms with E-state index in [-0.39, 0.29) is 11.4 Å². The molecule has 0 aromatic heterocycles. The smallest absolute Gasteiger partial charge is 0.333 e. The second kappa shape index (κ2) is 9.40. The number of halogens is 4. The number of hydrogen-bond acceptors (Lipinski definition) is 4. The number of benzene rings is 2. The molecule has 2 aromatic carbocycles. The lowest BCUT2D eigenvalue weighted by Crippen LogP contribution is -2.33. The Labute approximate surface area is 173 Å². The van der Waals surface area contributed by atoms with Crippen LogP contribution in [0.4, 0.5) is 24.5 Å². The van der Waals surface area contributed by atoms with Gasteiger partial charge in [0.15, 0.2) is 0 Å². The molecule has 0 saturated heterocycles. The van der Waals surface area contributed by atoms with Gasteiger partial charge in [-0.05, 0) is 42.0 Å². The molecular formula is C19H15ClF3N3O4. The summed E-state index contributed by atoms with van der Waals surface area (Å²) in [5.41, 5.74) is -0.757.